The number of benzene rings is 2. The molecule has 0 fully saturated rings. The third-order valence-electron chi connectivity index (χ3n) is 5.62. The fourth-order valence-electron chi connectivity index (χ4n) is 3.73. The van der Waals surface area contributed by atoms with Crippen molar-refractivity contribution in [1.29, 1.82) is 0 Å². The van der Waals surface area contributed by atoms with Crippen LogP contribution in [-0.2, 0) is 21.4 Å². The molecule has 2 aromatic rings. The Morgan fingerprint density at radius 1 is 1.00 bits per heavy atom. The summed E-state index contributed by atoms with van der Waals surface area (Å²) in [4.78, 5) is 26.0. The van der Waals surface area contributed by atoms with E-state index in [9.17, 15) is 9.59 Å². The highest BCUT2D eigenvalue weighted by molar-refractivity contribution is 5.92. The van der Waals surface area contributed by atoms with Crippen LogP contribution in [0, 0.1) is 12.8 Å². The van der Waals surface area contributed by atoms with Crippen molar-refractivity contribution in [3.8, 4) is 5.75 Å². The Morgan fingerprint density at radius 3 is 2.12 bits per heavy atom. The highest BCUT2D eigenvalue weighted by Crippen LogP contribution is 2.39. The van der Waals surface area contributed by atoms with E-state index in [-0.39, 0.29) is 17.3 Å². The van der Waals surface area contributed by atoms with Gasteiger partial charge in [0.15, 0.2) is 0 Å². The summed E-state index contributed by atoms with van der Waals surface area (Å²) in [6.07, 6.45) is 1.52. The smallest absolute Gasteiger partial charge is 0.343 e. The van der Waals surface area contributed by atoms with Crippen molar-refractivity contribution in [1.82, 2.24) is 0 Å². The Hall–Kier alpha value is -2.62. The first-order valence-electron chi connectivity index (χ1n) is 11.6. The van der Waals surface area contributed by atoms with Crippen molar-refractivity contribution in [2.75, 3.05) is 6.61 Å². The normalized spacial score (nSPS) is 12.5. The fraction of sp³-hybridized carbons (Fsp3) is 0.500. The molecular formula is C28H38O4. The number of hydrogen-bond donors (Lipinski definition) is 0. The predicted octanol–water partition coefficient (Wildman–Crippen LogP) is 6.77. The minimum atomic E-state index is -0.499. The topological polar surface area (TPSA) is 52.6 Å². The summed E-state index contributed by atoms with van der Waals surface area (Å²) in [5, 5.41) is 0. The number of ether oxygens (including phenoxy) is 2. The number of hydrogen-bond acceptors (Lipinski definition) is 4. The third-order valence-corrected chi connectivity index (χ3v) is 5.62. The molecule has 32 heavy (non-hydrogen) atoms. The Kier molecular flexibility index (Phi) is 8.65. The summed E-state index contributed by atoms with van der Waals surface area (Å²) in [6, 6.07) is 11.5. The molecule has 0 radical (unpaired) electrons. The number of carbonyl (C=O) groups is 2. The highest BCUT2D eigenvalue weighted by atomic mass is 16.5. The zero-order chi connectivity index (χ0) is 24.1. The Labute approximate surface area is 193 Å². The van der Waals surface area contributed by atoms with E-state index in [4.69, 9.17) is 9.47 Å². The molecule has 1 atom stereocenters. The highest BCUT2D eigenvalue weighted by Gasteiger charge is 2.30. The first-order valence-corrected chi connectivity index (χ1v) is 11.6. The summed E-state index contributed by atoms with van der Waals surface area (Å²) in [7, 11) is 0. The molecule has 0 saturated carbocycles. The van der Waals surface area contributed by atoms with Crippen molar-refractivity contribution in [3.05, 3.63) is 64.2 Å². The average Bonchev–Trinajstić information content (AvgIpc) is 2.72. The van der Waals surface area contributed by atoms with Gasteiger partial charge in [-0.15, -0.1) is 0 Å². The first kappa shape index (κ1) is 25.6. The maximum absolute atomic E-state index is 13.0. The van der Waals surface area contributed by atoms with E-state index in [1.165, 1.54) is 0 Å². The zero-order valence-electron chi connectivity index (χ0n) is 20.9. The van der Waals surface area contributed by atoms with Crippen LogP contribution in [0.3, 0.4) is 0 Å². The van der Waals surface area contributed by atoms with E-state index < -0.39 is 11.9 Å². The third kappa shape index (κ3) is 6.44. The Morgan fingerprint density at radius 2 is 1.62 bits per heavy atom. The molecule has 0 bridgehead atoms. The number of esters is 2. The molecule has 0 amide bonds. The van der Waals surface area contributed by atoms with Crippen molar-refractivity contribution >= 4 is 11.9 Å². The van der Waals surface area contributed by atoms with Gasteiger partial charge in [0.1, 0.15) is 5.75 Å². The van der Waals surface area contributed by atoms with Crippen LogP contribution in [0.25, 0.3) is 0 Å². The van der Waals surface area contributed by atoms with Gasteiger partial charge in [0.25, 0.3) is 0 Å². The van der Waals surface area contributed by atoms with E-state index >= 15 is 0 Å². The fourth-order valence-corrected chi connectivity index (χ4v) is 3.73. The van der Waals surface area contributed by atoms with Crippen molar-refractivity contribution in [2.24, 2.45) is 5.92 Å². The molecule has 2 rings (SSSR count). The second kappa shape index (κ2) is 10.8. The molecule has 174 valence electrons. The molecule has 2 aromatic carbocycles. The molecule has 0 aliphatic carbocycles. The van der Waals surface area contributed by atoms with Gasteiger partial charge < -0.3 is 9.47 Å². The van der Waals surface area contributed by atoms with Crippen LogP contribution in [0.2, 0.25) is 0 Å². The van der Waals surface area contributed by atoms with E-state index in [1.807, 2.05) is 38.1 Å². The number of carbonyl (C=O) groups excluding carboxylic acids is 2. The minimum Gasteiger partial charge on any atom is -0.466 e. The first-order chi connectivity index (χ1) is 15.0. The molecule has 0 heterocycles. The molecule has 0 aliphatic heterocycles. The lowest BCUT2D eigenvalue weighted by Crippen LogP contribution is -2.22. The largest absolute Gasteiger partial charge is 0.466 e. The van der Waals surface area contributed by atoms with Gasteiger partial charge in [-0.2, -0.15) is 0 Å². The number of aryl methyl sites for hydroxylation is 2. The van der Waals surface area contributed by atoms with Crippen molar-refractivity contribution in [2.45, 2.75) is 79.6 Å². The SMILES string of the molecule is CCOC(=O)C(CC(C)C)c1cc(C(C)(C)C)cc(C)c1OC(=O)c1ccc(CC)cc1. The van der Waals surface area contributed by atoms with Gasteiger partial charge in [0.2, 0.25) is 0 Å². The molecule has 0 aromatic heterocycles. The van der Waals surface area contributed by atoms with Gasteiger partial charge in [0.05, 0.1) is 18.1 Å². The molecule has 0 N–H and O–H groups in total. The van der Waals surface area contributed by atoms with Crippen LogP contribution in [0.15, 0.2) is 36.4 Å². The summed E-state index contributed by atoms with van der Waals surface area (Å²) in [6.45, 7) is 16.7. The van der Waals surface area contributed by atoms with E-state index in [1.54, 1.807) is 12.1 Å². The quantitative estimate of drug-likeness (QED) is 0.337. The summed E-state index contributed by atoms with van der Waals surface area (Å²) >= 11 is 0. The number of rotatable bonds is 8. The Balaban J connectivity index is 2.58. The molecule has 0 aliphatic rings. The summed E-state index contributed by atoms with van der Waals surface area (Å²) < 4.78 is 11.4. The Bertz CT molecular complexity index is 933. The molecule has 0 spiro atoms. The monoisotopic (exact) mass is 438 g/mol. The second-order valence-electron chi connectivity index (χ2n) is 9.84. The van der Waals surface area contributed by atoms with Crippen molar-refractivity contribution in [3.63, 3.8) is 0 Å². The molecule has 1 unspecified atom stereocenters. The van der Waals surface area contributed by atoms with Crippen LogP contribution >= 0.6 is 0 Å². The zero-order valence-corrected chi connectivity index (χ0v) is 20.9. The van der Waals surface area contributed by atoms with E-state index in [2.05, 4.69) is 41.5 Å². The predicted molar refractivity (Wildman–Crippen MR) is 129 cm³/mol. The van der Waals surface area contributed by atoms with Gasteiger partial charge in [-0.3, -0.25) is 4.79 Å². The van der Waals surface area contributed by atoms with Crippen LogP contribution in [0.4, 0.5) is 0 Å². The van der Waals surface area contributed by atoms with Gasteiger partial charge in [-0.05, 0) is 66.8 Å². The van der Waals surface area contributed by atoms with Gasteiger partial charge in [-0.25, -0.2) is 4.79 Å². The maximum atomic E-state index is 13.0. The van der Waals surface area contributed by atoms with E-state index in [0.717, 1.165) is 28.7 Å². The van der Waals surface area contributed by atoms with Gasteiger partial charge >= 0.3 is 11.9 Å². The van der Waals surface area contributed by atoms with Crippen LogP contribution in [0.5, 0.6) is 5.75 Å². The van der Waals surface area contributed by atoms with Crippen LogP contribution in [-0.4, -0.2) is 18.5 Å². The summed E-state index contributed by atoms with van der Waals surface area (Å²) in [5.41, 5.74) is 4.19. The maximum Gasteiger partial charge on any atom is 0.343 e. The average molecular weight is 439 g/mol. The minimum absolute atomic E-state index is 0.116. The summed E-state index contributed by atoms with van der Waals surface area (Å²) in [5.74, 6) is -0.473. The lowest BCUT2D eigenvalue weighted by Gasteiger charge is -2.26. The van der Waals surface area contributed by atoms with Gasteiger partial charge in [0, 0.05) is 5.56 Å². The molecule has 4 nitrogen and oxygen atoms in total. The molecule has 0 saturated heterocycles. The van der Waals surface area contributed by atoms with Gasteiger partial charge in [-0.1, -0.05) is 65.8 Å². The van der Waals surface area contributed by atoms with Crippen molar-refractivity contribution < 1.29 is 19.1 Å². The van der Waals surface area contributed by atoms with E-state index in [0.29, 0.717) is 24.3 Å². The second-order valence-corrected chi connectivity index (χ2v) is 9.84. The van der Waals surface area contributed by atoms with Crippen LogP contribution < -0.4 is 4.74 Å². The molecular weight excluding hydrogens is 400 g/mol. The van der Waals surface area contributed by atoms with Crippen LogP contribution in [0.1, 0.15) is 93.4 Å². The lowest BCUT2D eigenvalue weighted by molar-refractivity contribution is -0.145. The lowest BCUT2D eigenvalue weighted by atomic mass is 9.81. The standard InChI is InChI=1S/C28H38O4/c1-9-20-11-13-21(14-12-20)26(29)32-25-19(5)16-22(28(6,7)8)17-23(25)24(15-18(3)4)27(30)31-10-2/h11-14,16-18,24H,9-10,15H2,1-8H3. The molecule has 4 heteroatoms.